The maximum Gasteiger partial charge on any atom is 0.190 e. The van der Waals surface area contributed by atoms with Crippen LogP contribution in [0.5, 0.6) is 0 Å². The van der Waals surface area contributed by atoms with Crippen molar-refractivity contribution in [2.24, 2.45) is 4.99 Å². The lowest BCUT2D eigenvalue weighted by atomic mass is 10.2. The Hall–Kier alpha value is -0.0800. The fourth-order valence-electron chi connectivity index (χ4n) is 1.98. The van der Waals surface area contributed by atoms with Crippen molar-refractivity contribution in [2.75, 3.05) is 40.0 Å². The summed E-state index contributed by atoms with van der Waals surface area (Å²) in [6.45, 7) is 6.46. The zero-order valence-corrected chi connectivity index (χ0v) is 15.2. The van der Waals surface area contributed by atoms with Crippen molar-refractivity contribution in [1.29, 1.82) is 0 Å². The van der Waals surface area contributed by atoms with Gasteiger partial charge in [-0.2, -0.15) is 0 Å². The first-order chi connectivity index (χ1) is 9.36. The summed E-state index contributed by atoms with van der Waals surface area (Å²) in [6, 6.07) is 0. The summed E-state index contributed by atoms with van der Waals surface area (Å²) >= 11 is 0. The van der Waals surface area contributed by atoms with Crippen molar-refractivity contribution in [3.05, 3.63) is 0 Å². The summed E-state index contributed by atoms with van der Waals surface area (Å²) in [5.74, 6) is 0.882. The number of halogens is 1. The molecule has 20 heavy (non-hydrogen) atoms. The third kappa shape index (κ3) is 9.77. The van der Waals surface area contributed by atoms with Crippen LogP contribution in [-0.2, 0) is 9.47 Å². The molecule has 1 aliphatic rings. The Morgan fingerprint density at radius 3 is 2.65 bits per heavy atom. The molecular weight excluding hydrogens is 369 g/mol. The van der Waals surface area contributed by atoms with E-state index in [1.54, 1.807) is 7.05 Å². The van der Waals surface area contributed by atoms with Crippen LogP contribution in [0.1, 0.15) is 39.0 Å². The van der Waals surface area contributed by atoms with Crippen molar-refractivity contribution in [1.82, 2.24) is 10.6 Å². The van der Waals surface area contributed by atoms with Gasteiger partial charge in [-0.25, -0.2) is 0 Å². The second-order valence-corrected chi connectivity index (χ2v) is 4.84. The largest absolute Gasteiger partial charge is 0.379 e. The third-order valence-electron chi connectivity index (χ3n) is 3.13. The molecule has 0 aromatic carbocycles. The first-order valence-electron chi connectivity index (χ1n) is 7.50. The molecule has 2 N–H and O–H groups in total. The number of nitrogens with zero attached hydrogens (tertiary/aromatic N) is 1. The number of hydrogen-bond acceptors (Lipinski definition) is 3. The molecule has 6 heteroatoms. The van der Waals surface area contributed by atoms with Gasteiger partial charge in [0.2, 0.25) is 0 Å². The van der Waals surface area contributed by atoms with E-state index in [0.29, 0.717) is 6.10 Å². The number of ether oxygens (including phenoxy) is 2. The summed E-state index contributed by atoms with van der Waals surface area (Å²) in [4.78, 5) is 4.17. The van der Waals surface area contributed by atoms with Crippen molar-refractivity contribution < 1.29 is 9.47 Å². The highest BCUT2D eigenvalue weighted by Gasteiger charge is 2.14. The van der Waals surface area contributed by atoms with E-state index in [-0.39, 0.29) is 24.0 Å². The van der Waals surface area contributed by atoms with Gasteiger partial charge in [0.15, 0.2) is 5.96 Å². The molecule has 1 saturated heterocycles. The maximum absolute atomic E-state index is 5.61. The number of hydrogen-bond donors (Lipinski definition) is 2. The summed E-state index contributed by atoms with van der Waals surface area (Å²) in [6.07, 6.45) is 6.01. The van der Waals surface area contributed by atoms with Crippen LogP contribution in [0.15, 0.2) is 4.99 Å². The van der Waals surface area contributed by atoms with Crippen LogP contribution in [0.3, 0.4) is 0 Å². The van der Waals surface area contributed by atoms with E-state index in [9.17, 15) is 0 Å². The summed E-state index contributed by atoms with van der Waals surface area (Å²) in [7, 11) is 1.80. The highest BCUT2D eigenvalue weighted by molar-refractivity contribution is 14.0. The Labute approximate surface area is 140 Å². The van der Waals surface area contributed by atoms with Gasteiger partial charge in [0.1, 0.15) is 0 Å². The standard InChI is InChI=1S/C14H29N3O2.HI/c1-3-4-8-16-14(15-2)17-9-6-10-18-12-13-7-5-11-19-13;/h13H,3-12H2,1-2H3,(H2,15,16,17);1H. The zero-order valence-electron chi connectivity index (χ0n) is 12.8. The van der Waals surface area contributed by atoms with E-state index in [4.69, 9.17) is 9.47 Å². The second kappa shape index (κ2) is 13.9. The van der Waals surface area contributed by atoms with E-state index in [1.165, 1.54) is 19.3 Å². The number of aliphatic imine (C=N–C) groups is 1. The third-order valence-corrected chi connectivity index (χ3v) is 3.13. The average Bonchev–Trinajstić information content (AvgIpc) is 2.94. The molecule has 5 nitrogen and oxygen atoms in total. The number of nitrogens with one attached hydrogen (secondary N) is 2. The smallest absolute Gasteiger partial charge is 0.190 e. The normalized spacial score (nSPS) is 18.7. The predicted octanol–water partition coefficient (Wildman–Crippen LogP) is 2.16. The van der Waals surface area contributed by atoms with Crippen molar-refractivity contribution in [3.63, 3.8) is 0 Å². The maximum atomic E-state index is 5.61. The minimum Gasteiger partial charge on any atom is -0.379 e. The number of rotatable bonds is 9. The van der Waals surface area contributed by atoms with E-state index >= 15 is 0 Å². The van der Waals surface area contributed by atoms with Gasteiger partial charge in [0.25, 0.3) is 0 Å². The van der Waals surface area contributed by atoms with Crippen LogP contribution in [0.2, 0.25) is 0 Å². The van der Waals surface area contributed by atoms with E-state index < -0.39 is 0 Å². The fourth-order valence-corrected chi connectivity index (χ4v) is 1.98. The van der Waals surface area contributed by atoms with Crippen LogP contribution in [0.4, 0.5) is 0 Å². The lowest BCUT2D eigenvalue weighted by molar-refractivity contribution is 0.0168. The summed E-state index contributed by atoms with van der Waals surface area (Å²) < 4.78 is 11.1. The molecule has 1 heterocycles. The molecule has 0 aromatic heterocycles. The van der Waals surface area contributed by atoms with Crippen molar-refractivity contribution in [2.45, 2.75) is 45.1 Å². The number of guanidine groups is 1. The Morgan fingerprint density at radius 2 is 2.05 bits per heavy atom. The molecule has 1 atom stereocenters. The Morgan fingerprint density at radius 1 is 1.30 bits per heavy atom. The molecule has 1 unspecified atom stereocenters. The van der Waals surface area contributed by atoms with Crippen LogP contribution in [-0.4, -0.2) is 52.0 Å². The van der Waals surface area contributed by atoms with Crippen molar-refractivity contribution >= 4 is 29.9 Å². The molecule has 0 spiro atoms. The first kappa shape index (κ1) is 19.9. The van der Waals surface area contributed by atoms with Gasteiger partial charge in [-0.15, -0.1) is 24.0 Å². The molecule has 0 saturated carbocycles. The molecule has 0 aromatic rings. The van der Waals surface area contributed by atoms with E-state index in [0.717, 1.165) is 51.7 Å². The average molecular weight is 399 g/mol. The quantitative estimate of drug-likeness (QED) is 0.270. The Kier molecular flexibility index (Phi) is 13.8. The Bertz CT molecular complexity index is 247. The van der Waals surface area contributed by atoms with Gasteiger partial charge in [0, 0.05) is 33.4 Å². The van der Waals surface area contributed by atoms with Gasteiger partial charge in [0.05, 0.1) is 12.7 Å². The van der Waals surface area contributed by atoms with Crippen LogP contribution < -0.4 is 10.6 Å². The van der Waals surface area contributed by atoms with E-state index in [2.05, 4.69) is 22.5 Å². The molecule has 0 aliphatic carbocycles. The summed E-state index contributed by atoms with van der Waals surface area (Å²) in [5, 5.41) is 6.57. The molecule has 120 valence electrons. The molecule has 1 fully saturated rings. The first-order valence-corrected chi connectivity index (χ1v) is 7.50. The minimum absolute atomic E-state index is 0. The SMILES string of the molecule is CCCCNC(=NC)NCCCOCC1CCCO1.I. The summed E-state index contributed by atoms with van der Waals surface area (Å²) in [5.41, 5.74) is 0. The van der Waals surface area contributed by atoms with E-state index in [1.807, 2.05) is 0 Å². The highest BCUT2D eigenvalue weighted by atomic mass is 127. The Balaban J connectivity index is 0.00000361. The van der Waals surface area contributed by atoms with Crippen molar-refractivity contribution in [3.8, 4) is 0 Å². The molecule has 0 radical (unpaired) electrons. The van der Waals surface area contributed by atoms with Gasteiger partial charge in [-0.1, -0.05) is 13.3 Å². The van der Waals surface area contributed by atoms with Crippen LogP contribution >= 0.6 is 24.0 Å². The molecule has 1 rings (SSSR count). The predicted molar refractivity (Wildman–Crippen MR) is 94.1 cm³/mol. The number of unbranched alkanes of at least 4 members (excludes halogenated alkanes) is 1. The second-order valence-electron chi connectivity index (χ2n) is 4.84. The zero-order chi connectivity index (χ0) is 13.8. The van der Waals surface area contributed by atoms with Crippen LogP contribution in [0.25, 0.3) is 0 Å². The van der Waals surface area contributed by atoms with Gasteiger partial charge >= 0.3 is 0 Å². The topological polar surface area (TPSA) is 54.9 Å². The fraction of sp³-hybridized carbons (Fsp3) is 0.929. The lowest BCUT2D eigenvalue weighted by Gasteiger charge is -2.12. The van der Waals surface area contributed by atoms with Gasteiger partial charge in [-0.05, 0) is 25.7 Å². The van der Waals surface area contributed by atoms with Crippen LogP contribution in [0, 0.1) is 0 Å². The molecular formula is C14H30IN3O2. The molecule has 1 aliphatic heterocycles. The molecule has 0 amide bonds. The van der Waals surface area contributed by atoms with Gasteiger partial charge in [-0.3, -0.25) is 4.99 Å². The highest BCUT2D eigenvalue weighted by Crippen LogP contribution is 2.11. The lowest BCUT2D eigenvalue weighted by Crippen LogP contribution is -2.38. The van der Waals surface area contributed by atoms with Gasteiger partial charge < -0.3 is 20.1 Å². The molecule has 0 bridgehead atoms. The monoisotopic (exact) mass is 399 g/mol. The minimum atomic E-state index is 0.